The van der Waals surface area contributed by atoms with E-state index in [0.717, 1.165) is 31.1 Å². The molecule has 2 heterocycles. The number of anilines is 1. The van der Waals surface area contributed by atoms with E-state index in [1.54, 1.807) is 12.4 Å². The Bertz CT molecular complexity index is 699. The zero-order valence-electron chi connectivity index (χ0n) is 17.5. The van der Waals surface area contributed by atoms with Crippen LogP contribution in [0, 0.1) is 0 Å². The summed E-state index contributed by atoms with van der Waals surface area (Å²) in [5, 5.41) is 24.5. The number of carbonyl (C=O) groups excluding carboxylic acids is 1. The van der Waals surface area contributed by atoms with Gasteiger partial charge in [-0.25, -0.2) is 9.97 Å². The molecule has 1 amide bonds. The largest absolute Gasteiger partial charge is 0.498 e. The molecule has 10 heteroatoms. The van der Waals surface area contributed by atoms with Crippen molar-refractivity contribution in [2.45, 2.75) is 82.8 Å². The van der Waals surface area contributed by atoms with Crippen LogP contribution in [0.25, 0.3) is 0 Å². The van der Waals surface area contributed by atoms with Crippen molar-refractivity contribution < 1.29 is 24.3 Å². The van der Waals surface area contributed by atoms with Crippen LogP contribution in [0.15, 0.2) is 12.4 Å². The minimum absolute atomic E-state index is 0.0544. The topological polar surface area (TPSA) is 126 Å². The van der Waals surface area contributed by atoms with Crippen LogP contribution < -0.4 is 16.1 Å². The molecular weight excluding hydrogens is 375 g/mol. The van der Waals surface area contributed by atoms with Crippen molar-refractivity contribution in [3.05, 3.63) is 12.4 Å². The molecule has 0 radical (unpaired) electrons. The average molecular weight is 406 g/mol. The van der Waals surface area contributed by atoms with Crippen molar-refractivity contribution in [2.24, 2.45) is 0 Å². The van der Waals surface area contributed by atoms with E-state index in [1.165, 1.54) is 0 Å². The number of amides is 1. The van der Waals surface area contributed by atoms with Gasteiger partial charge in [0.05, 0.1) is 17.8 Å². The molecule has 0 spiro atoms. The number of nitrogens with zero attached hydrogens (tertiary/aromatic N) is 2. The number of aromatic nitrogens is 2. The molecule has 2 fully saturated rings. The van der Waals surface area contributed by atoms with Gasteiger partial charge in [-0.1, -0.05) is 12.8 Å². The summed E-state index contributed by atoms with van der Waals surface area (Å²) in [5.41, 5.74) is -0.114. The number of aliphatic hydroxyl groups is 2. The SMILES string of the molecule is CC1(C)OB(c2cnc(N[C@@H]3CCCC[C@H]3NC(=O)[C@H](O)CO)nc2)OC1(C)C. The molecule has 29 heavy (non-hydrogen) atoms. The Morgan fingerprint density at radius 3 is 2.28 bits per heavy atom. The minimum atomic E-state index is -1.41. The second kappa shape index (κ2) is 8.55. The second-order valence-electron chi connectivity index (χ2n) is 8.78. The van der Waals surface area contributed by atoms with Crippen molar-refractivity contribution in [1.29, 1.82) is 0 Å². The van der Waals surface area contributed by atoms with Crippen LogP contribution in [0.4, 0.5) is 5.95 Å². The Balaban J connectivity index is 1.63. The fourth-order valence-electron chi connectivity index (χ4n) is 3.52. The number of aliphatic hydroxyl groups excluding tert-OH is 2. The van der Waals surface area contributed by atoms with Gasteiger partial charge < -0.3 is 30.2 Å². The van der Waals surface area contributed by atoms with E-state index in [-0.39, 0.29) is 12.1 Å². The molecule has 1 aromatic rings. The maximum absolute atomic E-state index is 11.9. The van der Waals surface area contributed by atoms with Gasteiger partial charge in [-0.3, -0.25) is 4.79 Å². The number of hydrogen-bond donors (Lipinski definition) is 4. The highest BCUT2D eigenvalue weighted by atomic mass is 16.7. The van der Waals surface area contributed by atoms with E-state index in [0.29, 0.717) is 5.95 Å². The number of rotatable bonds is 6. The lowest BCUT2D eigenvalue weighted by atomic mass is 9.81. The number of hydrogen-bond acceptors (Lipinski definition) is 8. The molecule has 1 saturated carbocycles. The summed E-state index contributed by atoms with van der Waals surface area (Å²) in [4.78, 5) is 20.7. The third kappa shape index (κ3) is 4.88. The molecule has 0 bridgehead atoms. The molecule has 9 nitrogen and oxygen atoms in total. The first kappa shape index (κ1) is 22.0. The second-order valence-corrected chi connectivity index (χ2v) is 8.78. The Hall–Kier alpha value is -1.75. The molecule has 1 saturated heterocycles. The van der Waals surface area contributed by atoms with Gasteiger partial charge in [-0.05, 0) is 40.5 Å². The van der Waals surface area contributed by atoms with Crippen LogP contribution in [0.2, 0.25) is 0 Å². The predicted octanol–water partition coefficient (Wildman–Crippen LogP) is -0.0317. The molecule has 1 aromatic heterocycles. The Morgan fingerprint density at radius 2 is 1.72 bits per heavy atom. The standard InChI is InChI=1S/C19H31BN4O5/c1-18(2)19(3,4)29-20(28-18)12-9-21-17(22-10-12)24-14-8-6-5-7-13(14)23-16(27)15(26)11-25/h9-10,13-15,25-26H,5-8,11H2,1-4H3,(H,23,27)(H,21,22,24)/t13-,14-,15-/m1/s1. The van der Waals surface area contributed by atoms with E-state index >= 15 is 0 Å². The third-order valence-corrected chi connectivity index (χ3v) is 6.08. The predicted molar refractivity (Wildman–Crippen MR) is 109 cm³/mol. The summed E-state index contributed by atoms with van der Waals surface area (Å²) in [5.74, 6) is -0.109. The van der Waals surface area contributed by atoms with Crippen LogP contribution in [0.5, 0.6) is 0 Å². The third-order valence-electron chi connectivity index (χ3n) is 6.08. The summed E-state index contributed by atoms with van der Waals surface area (Å²) in [6.07, 6.45) is 5.61. The zero-order valence-corrected chi connectivity index (χ0v) is 17.5. The van der Waals surface area contributed by atoms with Gasteiger partial charge in [0.15, 0.2) is 6.10 Å². The van der Waals surface area contributed by atoms with Crippen LogP contribution in [0.3, 0.4) is 0 Å². The smallest absolute Gasteiger partial charge is 0.399 e. The lowest BCUT2D eigenvalue weighted by Gasteiger charge is -2.33. The first-order valence-corrected chi connectivity index (χ1v) is 10.2. The fourth-order valence-corrected chi connectivity index (χ4v) is 3.52. The molecular formula is C19H31BN4O5. The van der Waals surface area contributed by atoms with Crippen molar-refractivity contribution in [3.63, 3.8) is 0 Å². The molecule has 1 aliphatic carbocycles. The van der Waals surface area contributed by atoms with E-state index in [2.05, 4.69) is 20.6 Å². The van der Waals surface area contributed by atoms with E-state index in [4.69, 9.17) is 14.4 Å². The van der Waals surface area contributed by atoms with Gasteiger partial charge in [-0.15, -0.1) is 0 Å². The summed E-state index contributed by atoms with van der Waals surface area (Å²) in [6.45, 7) is 7.38. The van der Waals surface area contributed by atoms with Gasteiger partial charge in [0.1, 0.15) is 0 Å². The van der Waals surface area contributed by atoms with Crippen LogP contribution in [-0.2, 0) is 14.1 Å². The Labute approximate surface area is 171 Å². The molecule has 4 N–H and O–H groups in total. The van der Waals surface area contributed by atoms with Gasteiger partial charge in [0.25, 0.3) is 5.91 Å². The molecule has 0 aromatic carbocycles. The lowest BCUT2D eigenvalue weighted by molar-refractivity contribution is -0.132. The highest BCUT2D eigenvalue weighted by Crippen LogP contribution is 2.36. The van der Waals surface area contributed by atoms with Crippen molar-refractivity contribution in [2.75, 3.05) is 11.9 Å². The van der Waals surface area contributed by atoms with Gasteiger partial charge in [0, 0.05) is 29.9 Å². The quantitative estimate of drug-likeness (QED) is 0.486. The summed E-state index contributed by atoms with van der Waals surface area (Å²) >= 11 is 0. The van der Waals surface area contributed by atoms with Gasteiger partial charge in [-0.2, -0.15) is 0 Å². The van der Waals surface area contributed by atoms with Crippen LogP contribution >= 0.6 is 0 Å². The van der Waals surface area contributed by atoms with Crippen LogP contribution in [0.1, 0.15) is 53.4 Å². The van der Waals surface area contributed by atoms with Crippen LogP contribution in [-0.4, -0.2) is 69.2 Å². The van der Waals surface area contributed by atoms with E-state index in [1.807, 2.05) is 27.7 Å². The molecule has 2 aliphatic rings. The summed E-state index contributed by atoms with van der Waals surface area (Å²) in [6, 6.07) is -0.217. The maximum atomic E-state index is 11.9. The normalized spacial score (nSPS) is 26.8. The average Bonchev–Trinajstić information content (AvgIpc) is 2.90. The minimum Gasteiger partial charge on any atom is -0.399 e. The molecule has 0 unspecified atom stereocenters. The Kier molecular flexibility index (Phi) is 6.47. The first-order chi connectivity index (χ1) is 13.6. The molecule has 160 valence electrons. The highest BCUT2D eigenvalue weighted by molar-refractivity contribution is 6.61. The lowest BCUT2D eigenvalue weighted by Crippen LogP contribution is -2.52. The van der Waals surface area contributed by atoms with Crippen molar-refractivity contribution >= 4 is 24.4 Å². The van der Waals surface area contributed by atoms with Crippen molar-refractivity contribution in [3.8, 4) is 0 Å². The highest BCUT2D eigenvalue weighted by Gasteiger charge is 2.52. The number of nitrogens with one attached hydrogen (secondary N) is 2. The Morgan fingerprint density at radius 1 is 1.17 bits per heavy atom. The molecule has 3 rings (SSSR count). The van der Waals surface area contributed by atoms with Gasteiger partial charge in [0.2, 0.25) is 5.95 Å². The zero-order chi connectivity index (χ0) is 21.2. The maximum Gasteiger partial charge on any atom is 0.498 e. The molecule has 3 atom stereocenters. The first-order valence-electron chi connectivity index (χ1n) is 10.2. The van der Waals surface area contributed by atoms with E-state index < -0.39 is 36.9 Å². The summed E-state index contributed by atoms with van der Waals surface area (Å²) in [7, 11) is -0.518. The van der Waals surface area contributed by atoms with Gasteiger partial charge >= 0.3 is 7.12 Å². The van der Waals surface area contributed by atoms with E-state index in [9.17, 15) is 9.90 Å². The molecule has 1 aliphatic heterocycles. The van der Waals surface area contributed by atoms with Crippen molar-refractivity contribution in [1.82, 2.24) is 15.3 Å². The monoisotopic (exact) mass is 406 g/mol. The number of carbonyl (C=O) groups is 1. The summed E-state index contributed by atoms with van der Waals surface area (Å²) < 4.78 is 12.0. The fraction of sp³-hybridized carbons (Fsp3) is 0.737.